The number of ether oxygens (including phenoxy) is 1. The number of carbonyl (C=O) groups is 2. The fourth-order valence-corrected chi connectivity index (χ4v) is 5.85. The monoisotopic (exact) mass is 520 g/mol. The number of likely N-dealkylation sites (tertiary alicyclic amines) is 1. The molecule has 5 heterocycles. The van der Waals surface area contributed by atoms with Gasteiger partial charge in [0.25, 0.3) is 5.91 Å². The van der Waals surface area contributed by atoms with Crippen LogP contribution in [0.25, 0.3) is 4.83 Å². The van der Waals surface area contributed by atoms with Crippen molar-refractivity contribution >= 4 is 43.9 Å². The minimum Gasteiger partial charge on any atom is -0.381 e. The van der Waals surface area contributed by atoms with Crippen LogP contribution >= 0.6 is 27.3 Å². The minimum atomic E-state index is -0.236. The van der Waals surface area contributed by atoms with E-state index in [1.54, 1.807) is 23.0 Å². The Bertz CT molecular complexity index is 1110. The maximum Gasteiger partial charge on any atom is 0.260 e. The van der Waals surface area contributed by atoms with Gasteiger partial charge in [0.05, 0.1) is 45.6 Å². The molecule has 2 saturated heterocycles. The highest BCUT2D eigenvalue weighted by molar-refractivity contribution is 9.11. The number of dihydropyridines is 1. The van der Waals surface area contributed by atoms with E-state index in [9.17, 15) is 9.59 Å². The molecule has 0 radical (unpaired) electrons. The Morgan fingerprint density at radius 2 is 2.22 bits per heavy atom. The lowest BCUT2D eigenvalue weighted by Crippen LogP contribution is -2.65. The number of fused-ring (bicyclic) bond motifs is 1. The van der Waals surface area contributed by atoms with Gasteiger partial charge >= 0.3 is 0 Å². The van der Waals surface area contributed by atoms with Crippen LogP contribution in [-0.4, -0.2) is 64.2 Å². The summed E-state index contributed by atoms with van der Waals surface area (Å²) in [6, 6.07) is -0.0978. The average Bonchev–Trinajstić information content (AvgIpc) is 3.29. The van der Waals surface area contributed by atoms with Crippen LogP contribution < -0.4 is 16.0 Å². The van der Waals surface area contributed by atoms with Crippen LogP contribution in [0.3, 0.4) is 0 Å². The molecule has 1 spiro atoms. The van der Waals surface area contributed by atoms with Crippen molar-refractivity contribution in [3.05, 3.63) is 45.4 Å². The Morgan fingerprint density at radius 3 is 3.00 bits per heavy atom. The number of amides is 2. The van der Waals surface area contributed by atoms with Crippen LogP contribution in [0, 0.1) is 0 Å². The number of carbonyl (C=O) groups excluding carboxylic acids is 2. The minimum absolute atomic E-state index is 0.0332. The molecule has 0 aromatic carbocycles. The molecular formula is C21H25BrN6O3S. The molecule has 3 aliphatic rings. The molecule has 1 atom stereocenters. The van der Waals surface area contributed by atoms with Crippen LogP contribution in [-0.2, 0) is 9.53 Å². The molecule has 170 valence electrons. The van der Waals surface area contributed by atoms with Crippen molar-refractivity contribution in [1.29, 1.82) is 0 Å². The Balaban J connectivity index is 1.18. The summed E-state index contributed by atoms with van der Waals surface area (Å²) in [7, 11) is 0. The predicted octanol–water partition coefficient (Wildman–Crippen LogP) is 1.98. The summed E-state index contributed by atoms with van der Waals surface area (Å²) in [5.41, 5.74) is 1.77. The van der Waals surface area contributed by atoms with Crippen molar-refractivity contribution in [3.63, 3.8) is 0 Å². The number of nitrogens with one attached hydrogen (secondary N) is 3. The molecule has 2 aromatic heterocycles. The van der Waals surface area contributed by atoms with E-state index in [2.05, 4.69) is 41.9 Å². The number of hydrogen-bond donors (Lipinski definition) is 3. The number of hydrogen-bond acceptors (Lipinski definition) is 7. The lowest BCUT2D eigenvalue weighted by atomic mass is 9.86. The molecule has 2 amide bonds. The van der Waals surface area contributed by atoms with E-state index in [1.807, 2.05) is 13.1 Å². The smallest absolute Gasteiger partial charge is 0.260 e. The van der Waals surface area contributed by atoms with E-state index in [-0.39, 0.29) is 23.5 Å². The summed E-state index contributed by atoms with van der Waals surface area (Å²) in [6.07, 6.45) is 10.3. The zero-order valence-corrected chi connectivity index (χ0v) is 20.1. The lowest BCUT2D eigenvalue weighted by Gasteiger charge is -2.51. The van der Waals surface area contributed by atoms with Crippen LogP contribution in [0.1, 0.15) is 36.5 Å². The van der Waals surface area contributed by atoms with Gasteiger partial charge in [0.2, 0.25) is 5.91 Å². The first-order valence-corrected chi connectivity index (χ1v) is 12.3. The van der Waals surface area contributed by atoms with Crippen LogP contribution in [0.4, 0.5) is 0 Å². The highest BCUT2D eigenvalue weighted by Crippen LogP contribution is 2.33. The maximum atomic E-state index is 12.8. The standard InChI is InChI=1S/C21H25BrN6O3S/c1-13-16(26-19(30)15-8-24-28-9-17(22)32-20(15)28)6-14(7-23-13)25-18(29)10-27-11-21(12-27)4-2-3-5-31-21/h6-9,13,23H,2-5,10-12H2,1H3,(H,25,29)(H,26,30). The van der Waals surface area contributed by atoms with Crippen LogP contribution in [0.2, 0.25) is 0 Å². The molecule has 0 aliphatic carbocycles. The number of halogens is 1. The van der Waals surface area contributed by atoms with Crippen molar-refractivity contribution in [2.45, 2.75) is 37.8 Å². The molecule has 5 rings (SSSR count). The largest absolute Gasteiger partial charge is 0.381 e. The van der Waals surface area contributed by atoms with Crippen LogP contribution in [0.5, 0.6) is 0 Å². The fourth-order valence-electron chi connectivity index (χ4n) is 4.41. The number of aromatic nitrogens is 2. The van der Waals surface area contributed by atoms with E-state index in [0.717, 1.165) is 41.2 Å². The second-order valence-electron chi connectivity index (χ2n) is 8.57. The van der Waals surface area contributed by atoms with E-state index < -0.39 is 0 Å². The van der Waals surface area contributed by atoms with Crippen molar-refractivity contribution in [2.75, 3.05) is 26.2 Å². The molecule has 2 aromatic rings. The molecule has 1 unspecified atom stereocenters. The van der Waals surface area contributed by atoms with Gasteiger partial charge in [0.15, 0.2) is 0 Å². The highest BCUT2D eigenvalue weighted by atomic mass is 79.9. The molecular weight excluding hydrogens is 496 g/mol. The van der Waals surface area contributed by atoms with E-state index in [0.29, 0.717) is 23.5 Å². The zero-order chi connectivity index (χ0) is 22.3. The first-order valence-electron chi connectivity index (χ1n) is 10.7. The van der Waals surface area contributed by atoms with Crippen molar-refractivity contribution < 1.29 is 14.3 Å². The second kappa shape index (κ2) is 8.62. The van der Waals surface area contributed by atoms with Gasteiger partial charge in [-0.25, -0.2) is 4.52 Å². The summed E-state index contributed by atoms with van der Waals surface area (Å²) in [6.45, 7) is 4.72. The Hall–Kier alpha value is -2.21. The van der Waals surface area contributed by atoms with Gasteiger partial charge in [0, 0.05) is 31.6 Å². The van der Waals surface area contributed by atoms with Gasteiger partial charge < -0.3 is 20.7 Å². The molecule has 3 aliphatic heterocycles. The van der Waals surface area contributed by atoms with Crippen molar-refractivity contribution in [3.8, 4) is 0 Å². The Kier molecular flexibility index (Phi) is 5.82. The summed E-state index contributed by atoms with van der Waals surface area (Å²) in [5.74, 6) is -0.317. The zero-order valence-electron chi connectivity index (χ0n) is 17.7. The molecule has 0 bridgehead atoms. The van der Waals surface area contributed by atoms with Crippen LogP contribution in [0.15, 0.2) is 39.9 Å². The SMILES string of the molecule is CC1NC=C(NC(=O)CN2CC3(CCCCO3)C2)C=C1NC(=O)c1cnn2cc(Br)sc12. The molecule has 0 saturated carbocycles. The summed E-state index contributed by atoms with van der Waals surface area (Å²) in [5, 5.41) is 13.3. The second-order valence-corrected chi connectivity index (χ2v) is 11.0. The predicted molar refractivity (Wildman–Crippen MR) is 124 cm³/mol. The van der Waals surface area contributed by atoms with Gasteiger partial charge in [-0.1, -0.05) is 0 Å². The number of thiazole rings is 1. The molecule has 11 heteroatoms. The van der Waals surface area contributed by atoms with E-state index in [1.165, 1.54) is 17.8 Å². The van der Waals surface area contributed by atoms with Gasteiger partial charge in [-0.15, -0.1) is 11.3 Å². The third-order valence-corrected chi connectivity index (χ3v) is 7.64. The lowest BCUT2D eigenvalue weighted by molar-refractivity contribution is -0.168. The first-order chi connectivity index (χ1) is 15.4. The molecule has 32 heavy (non-hydrogen) atoms. The fraction of sp³-hybridized carbons (Fsp3) is 0.476. The normalized spacial score (nSPS) is 22.6. The average molecular weight is 521 g/mol. The first kappa shape index (κ1) is 21.6. The Labute approximate surface area is 198 Å². The summed E-state index contributed by atoms with van der Waals surface area (Å²) >= 11 is 4.87. The third kappa shape index (κ3) is 4.34. The molecule has 3 N–H and O–H groups in total. The molecule has 9 nitrogen and oxygen atoms in total. The van der Waals surface area contributed by atoms with Gasteiger partial charge in [-0.05, 0) is 48.2 Å². The van der Waals surface area contributed by atoms with E-state index in [4.69, 9.17) is 4.74 Å². The summed E-state index contributed by atoms with van der Waals surface area (Å²) in [4.78, 5) is 28.3. The van der Waals surface area contributed by atoms with Gasteiger partial charge in [-0.2, -0.15) is 5.10 Å². The topological polar surface area (TPSA) is 100 Å². The quantitative estimate of drug-likeness (QED) is 0.557. The van der Waals surface area contributed by atoms with Gasteiger partial charge in [-0.3, -0.25) is 14.5 Å². The van der Waals surface area contributed by atoms with Crippen molar-refractivity contribution in [2.24, 2.45) is 0 Å². The highest BCUT2D eigenvalue weighted by Gasteiger charge is 2.45. The number of allylic oxidation sites excluding steroid dienone is 1. The van der Waals surface area contributed by atoms with E-state index >= 15 is 0 Å². The number of rotatable bonds is 5. The van der Waals surface area contributed by atoms with Gasteiger partial charge in [0.1, 0.15) is 4.83 Å². The molecule has 2 fully saturated rings. The maximum absolute atomic E-state index is 12.8. The third-order valence-electron chi connectivity index (χ3n) is 6.05. The summed E-state index contributed by atoms with van der Waals surface area (Å²) < 4.78 is 8.50. The Morgan fingerprint density at radius 1 is 1.38 bits per heavy atom. The van der Waals surface area contributed by atoms with Crippen molar-refractivity contribution in [1.82, 2.24) is 30.5 Å². The number of nitrogens with zero attached hydrogens (tertiary/aromatic N) is 3.